The smallest absolute Gasteiger partial charge is 0.433 e. The predicted molar refractivity (Wildman–Crippen MR) is 63.1 cm³/mol. The third kappa shape index (κ3) is 2.91. The van der Waals surface area contributed by atoms with Crippen molar-refractivity contribution in [3.63, 3.8) is 0 Å². The van der Waals surface area contributed by atoms with Crippen LogP contribution in [0.1, 0.15) is 16.1 Å². The van der Waals surface area contributed by atoms with E-state index in [0.717, 1.165) is 12.1 Å². The minimum absolute atomic E-state index is 0.0894. The highest BCUT2D eigenvalue weighted by Crippen LogP contribution is 2.20. The number of carboxylic acids is 1. The number of benzene rings is 1. The molecule has 0 aliphatic rings. The summed E-state index contributed by atoms with van der Waals surface area (Å²) < 4.78 is 23.4. The van der Waals surface area contributed by atoms with E-state index in [0.29, 0.717) is 0 Å². The van der Waals surface area contributed by atoms with Crippen LogP contribution in [-0.2, 0) is 6.61 Å². The minimum atomic E-state index is -1.38. The molecule has 0 saturated carbocycles. The summed E-state index contributed by atoms with van der Waals surface area (Å²) in [6, 6.07) is 5.80. The van der Waals surface area contributed by atoms with E-state index in [1.54, 1.807) is 0 Å². The average Bonchev–Trinajstić information content (AvgIpc) is 2.85. The van der Waals surface area contributed by atoms with E-state index in [9.17, 15) is 19.3 Å². The van der Waals surface area contributed by atoms with Gasteiger partial charge in [-0.2, -0.15) is 0 Å². The number of carbonyl (C=O) groups is 1. The third-order valence-electron chi connectivity index (χ3n) is 2.38. The number of furan rings is 1. The van der Waals surface area contributed by atoms with E-state index in [4.69, 9.17) is 14.3 Å². The Balaban J connectivity index is 2.05. The largest absolute Gasteiger partial charge is 0.486 e. The highest BCUT2D eigenvalue weighted by atomic mass is 19.1. The van der Waals surface area contributed by atoms with Crippen LogP contribution in [0, 0.1) is 15.9 Å². The number of ether oxygens (including phenoxy) is 1. The van der Waals surface area contributed by atoms with Crippen LogP contribution in [0.4, 0.5) is 10.3 Å². The number of nitrogens with zero attached hydrogens (tertiary/aromatic N) is 1. The number of hydrogen-bond donors (Lipinski definition) is 1. The third-order valence-corrected chi connectivity index (χ3v) is 2.38. The molecule has 0 unspecified atom stereocenters. The van der Waals surface area contributed by atoms with Gasteiger partial charge in [-0.1, -0.05) is 0 Å². The summed E-state index contributed by atoms with van der Waals surface area (Å²) in [6.45, 7) is -0.139. The number of carboxylic acid groups (broad SMARTS) is 1. The molecule has 7 nitrogen and oxygen atoms in total. The molecule has 0 fully saturated rings. The van der Waals surface area contributed by atoms with Gasteiger partial charge in [0.05, 0.1) is 11.6 Å². The van der Waals surface area contributed by atoms with E-state index < -0.39 is 28.2 Å². The van der Waals surface area contributed by atoms with Gasteiger partial charge in [0.2, 0.25) is 0 Å². The average molecular weight is 281 g/mol. The maximum Gasteiger partial charge on any atom is 0.433 e. The van der Waals surface area contributed by atoms with Crippen LogP contribution in [0.3, 0.4) is 0 Å². The first-order valence-electron chi connectivity index (χ1n) is 5.36. The van der Waals surface area contributed by atoms with E-state index in [1.165, 1.54) is 18.2 Å². The Morgan fingerprint density at radius 1 is 1.40 bits per heavy atom. The second-order valence-corrected chi connectivity index (χ2v) is 3.73. The van der Waals surface area contributed by atoms with Crippen LogP contribution < -0.4 is 4.74 Å². The molecule has 0 spiro atoms. The maximum atomic E-state index is 13.4. The first-order valence-corrected chi connectivity index (χ1v) is 5.36. The summed E-state index contributed by atoms with van der Waals surface area (Å²) in [4.78, 5) is 20.3. The zero-order valence-corrected chi connectivity index (χ0v) is 9.91. The van der Waals surface area contributed by atoms with Gasteiger partial charge in [-0.25, -0.2) is 9.18 Å². The summed E-state index contributed by atoms with van der Waals surface area (Å²) in [5.41, 5.74) is -0.467. The molecule has 20 heavy (non-hydrogen) atoms. The van der Waals surface area contributed by atoms with Crippen molar-refractivity contribution in [2.24, 2.45) is 0 Å². The predicted octanol–water partition coefficient (Wildman–Crippen LogP) is 2.60. The fourth-order valence-electron chi connectivity index (χ4n) is 1.46. The Kier molecular flexibility index (Phi) is 3.65. The van der Waals surface area contributed by atoms with Crippen LogP contribution in [0.5, 0.6) is 5.75 Å². The van der Waals surface area contributed by atoms with Gasteiger partial charge in [0.1, 0.15) is 28.9 Å². The van der Waals surface area contributed by atoms with Gasteiger partial charge in [-0.3, -0.25) is 10.1 Å². The van der Waals surface area contributed by atoms with Crippen molar-refractivity contribution in [1.29, 1.82) is 0 Å². The van der Waals surface area contributed by atoms with Crippen LogP contribution in [0.25, 0.3) is 0 Å². The van der Waals surface area contributed by atoms with Crippen molar-refractivity contribution >= 4 is 11.9 Å². The first-order chi connectivity index (χ1) is 9.47. The van der Waals surface area contributed by atoms with Crippen LogP contribution in [0.2, 0.25) is 0 Å². The van der Waals surface area contributed by atoms with Gasteiger partial charge >= 0.3 is 11.9 Å². The lowest BCUT2D eigenvalue weighted by Gasteiger charge is -2.05. The second-order valence-electron chi connectivity index (χ2n) is 3.73. The van der Waals surface area contributed by atoms with Crippen molar-refractivity contribution in [1.82, 2.24) is 0 Å². The highest BCUT2D eigenvalue weighted by molar-refractivity contribution is 5.88. The lowest BCUT2D eigenvalue weighted by atomic mass is 10.2. The summed E-state index contributed by atoms with van der Waals surface area (Å²) in [6.07, 6.45) is 0. The molecule has 2 aromatic rings. The fourth-order valence-corrected chi connectivity index (χ4v) is 1.46. The Bertz CT molecular complexity index is 666. The molecule has 8 heteroatoms. The summed E-state index contributed by atoms with van der Waals surface area (Å²) >= 11 is 0. The molecule has 2 rings (SSSR count). The van der Waals surface area contributed by atoms with Gasteiger partial charge < -0.3 is 14.3 Å². The Morgan fingerprint density at radius 3 is 2.70 bits per heavy atom. The van der Waals surface area contributed by atoms with E-state index in [1.807, 2.05) is 0 Å². The Labute approximate surface area is 111 Å². The van der Waals surface area contributed by atoms with Gasteiger partial charge in [0.15, 0.2) is 0 Å². The Hall–Kier alpha value is -2.90. The Morgan fingerprint density at radius 2 is 2.15 bits per heavy atom. The van der Waals surface area contributed by atoms with Crippen molar-refractivity contribution < 1.29 is 28.4 Å². The fraction of sp³-hybridized carbons (Fsp3) is 0.0833. The summed E-state index contributed by atoms with van der Waals surface area (Å²) in [5.74, 6) is -2.45. The number of halogens is 1. The van der Waals surface area contributed by atoms with E-state index in [-0.39, 0.29) is 18.1 Å². The SMILES string of the molecule is O=C(O)c1ccc(OCc2ccc([N+](=O)[O-])o2)cc1F. The highest BCUT2D eigenvalue weighted by Gasteiger charge is 2.13. The van der Waals surface area contributed by atoms with Crippen molar-refractivity contribution in [2.75, 3.05) is 0 Å². The monoisotopic (exact) mass is 281 g/mol. The molecule has 104 valence electrons. The number of nitro groups is 1. The van der Waals surface area contributed by atoms with Gasteiger partial charge in [-0.15, -0.1) is 0 Å². The first kappa shape index (κ1) is 13.5. The molecule has 0 atom stereocenters. The zero-order chi connectivity index (χ0) is 14.7. The molecule has 0 bridgehead atoms. The lowest BCUT2D eigenvalue weighted by molar-refractivity contribution is -0.402. The molecular weight excluding hydrogens is 273 g/mol. The van der Waals surface area contributed by atoms with Crippen molar-refractivity contribution in [2.45, 2.75) is 6.61 Å². The molecule has 1 N–H and O–H groups in total. The molecule has 0 saturated heterocycles. The topological polar surface area (TPSA) is 103 Å². The van der Waals surface area contributed by atoms with Crippen molar-refractivity contribution in [3.8, 4) is 5.75 Å². The van der Waals surface area contributed by atoms with E-state index in [2.05, 4.69) is 0 Å². The maximum absolute atomic E-state index is 13.4. The van der Waals surface area contributed by atoms with Gasteiger partial charge in [0.25, 0.3) is 0 Å². The quantitative estimate of drug-likeness (QED) is 0.667. The molecule has 1 heterocycles. The lowest BCUT2D eigenvalue weighted by Crippen LogP contribution is -2.01. The van der Waals surface area contributed by atoms with Crippen LogP contribution >= 0.6 is 0 Å². The summed E-state index contributed by atoms with van der Waals surface area (Å²) in [5, 5.41) is 19.1. The molecule has 0 aliphatic carbocycles. The molecule has 1 aromatic carbocycles. The second kappa shape index (κ2) is 5.39. The van der Waals surface area contributed by atoms with Crippen LogP contribution in [0.15, 0.2) is 34.7 Å². The molecule has 0 aliphatic heterocycles. The van der Waals surface area contributed by atoms with Gasteiger partial charge in [0, 0.05) is 6.07 Å². The number of aromatic carboxylic acids is 1. The molecule has 1 aromatic heterocycles. The van der Waals surface area contributed by atoms with Gasteiger partial charge in [-0.05, 0) is 18.2 Å². The standard InChI is InChI=1S/C12H8FNO6/c13-10-5-7(1-3-9(10)12(15)16)19-6-8-2-4-11(20-8)14(17)18/h1-5H,6H2,(H,15,16). The number of hydrogen-bond acceptors (Lipinski definition) is 5. The number of rotatable bonds is 5. The molecule has 0 amide bonds. The molecular formula is C12H8FNO6. The minimum Gasteiger partial charge on any atom is -0.486 e. The summed E-state index contributed by atoms with van der Waals surface area (Å²) in [7, 11) is 0. The zero-order valence-electron chi connectivity index (χ0n) is 9.91. The van der Waals surface area contributed by atoms with E-state index >= 15 is 0 Å². The van der Waals surface area contributed by atoms with Crippen LogP contribution in [-0.4, -0.2) is 16.0 Å². The van der Waals surface area contributed by atoms with Crippen molar-refractivity contribution in [3.05, 3.63) is 57.6 Å². The normalized spacial score (nSPS) is 10.2. The molecule has 0 radical (unpaired) electrons.